The molecular weight excluding hydrogens is 307 g/mol. The number of rotatable bonds is 8. The van der Waals surface area contributed by atoms with Gasteiger partial charge in [-0.1, -0.05) is 23.2 Å². The Morgan fingerprint density at radius 1 is 1.14 bits per heavy atom. The van der Waals surface area contributed by atoms with E-state index in [4.69, 9.17) is 23.2 Å². The predicted molar refractivity (Wildman–Crippen MR) is 91.3 cm³/mol. The van der Waals surface area contributed by atoms with Crippen molar-refractivity contribution < 1.29 is 5.11 Å². The lowest BCUT2D eigenvalue weighted by atomic mass is 10.1. The van der Waals surface area contributed by atoms with Crippen LogP contribution in [0.3, 0.4) is 0 Å². The van der Waals surface area contributed by atoms with Crippen LogP contribution in [0, 0.1) is 0 Å². The highest BCUT2D eigenvalue weighted by Crippen LogP contribution is 2.25. The van der Waals surface area contributed by atoms with Gasteiger partial charge in [0.2, 0.25) is 0 Å². The molecule has 0 fully saturated rings. The topological polar surface area (TPSA) is 35.5 Å². The average Bonchev–Trinajstić information content (AvgIpc) is 2.40. The van der Waals surface area contributed by atoms with Crippen LogP contribution in [-0.2, 0) is 0 Å². The molecule has 5 heteroatoms. The molecule has 1 aromatic carbocycles. The Morgan fingerprint density at radius 2 is 1.76 bits per heavy atom. The first-order chi connectivity index (χ1) is 9.82. The van der Waals surface area contributed by atoms with Crippen molar-refractivity contribution >= 4 is 23.2 Å². The Balaban J connectivity index is 2.43. The van der Waals surface area contributed by atoms with Crippen LogP contribution in [-0.4, -0.2) is 41.7 Å². The number of aliphatic hydroxyl groups excluding tert-OH is 1. The second-order valence-electron chi connectivity index (χ2n) is 5.81. The summed E-state index contributed by atoms with van der Waals surface area (Å²) in [6.45, 7) is 11.0. The fourth-order valence-corrected chi connectivity index (χ4v) is 2.86. The Labute approximate surface area is 138 Å². The molecule has 120 valence electrons. The Morgan fingerprint density at radius 3 is 2.33 bits per heavy atom. The van der Waals surface area contributed by atoms with Gasteiger partial charge in [-0.05, 0) is 45.9 Å². The number of halogens is 2. The maximum absolute atomic E-state index is 10.2. The van der Waals surface area contributed by atoms with Gasteiger partial charge in [-0.3, -0.25) is 4.90 Å². The Kier molecular flexibility index (Phi) is 7.99. The number of hydrogen-bond donors (Lipinski definition) is 2. The van der Waals surface area contributed by atoms with Crippen molar-refractivity contribution in [2.75, 3.05) is 19.6 Å². The van der Waals surface area contributed by atoms with Crippen LogP contribution in [0.5, 0.6) is 0 Å². The van der Waals surface area contributed by atoms with Gasteiger partial charge in [0, 0.05) is 47.3 Å². The largest absolute Gasteiger partial charge is 0.387 e. The molecule has 1 rings (SSSR count). The summed E-state index contributed by atoms with van der Waals surface area (Å²) < 4.78 is 0. The third-order valence-corrected chi connectivity index (χ3v) is 4.11. The maximum Gasteiger partial charge on any atom is 0.0929 e. The van der Waals surface area contributed by atoms with E-state index in [1.807, 2.05) is 0 Å². The van der Waals surface area contributed by atoms with Crippen LogP contribution in [0.2, 0.25) is 10.0 Å². The number of nitrogens with one attached hydrogen (secondary N) is 1. The van der Waals surface area contributed by atoms with E-state index in [9.17, 15) is 5.11 Å². The van der Waals surface area contributed by atoms with Crippen LogP contribution in [0.4, 0.5) is 0 Å². The summed E-state index contributed by atoms with van der Waals surface area (Å²) >= 11 is 12.0. The summed E-state index contributed by atoms with van der Waals surface area (Å²) in [5, 5.41) is 14.6. The summed E-state index contributed by atoms with van der Waals surface area (Å²) in [6, 6.07) is 6.17. The van der Waals surface area contributed by atoms with Gasteiger partial charge in [-0.2, -0.15) is 0 Å². The molecule has 0 saturated carbocycles. The van der Waals surface area contributed by atoms with Crippen molar-refractivity contribution in [1.29, 1.82) is 0 Å². The highest BCUT2D eigenvalue weighted by molar-refractivity contribution is 6.33. The Hall–Kier alpha value is -0.320. The molecule has 21 heavy (non-hydrogen) atoms. The molecular formula is C16H26Cl2N2O. The standard InChI is InChI=1S/C16H26Cl2N2O/c1-11(2)20(12(3)4)8-7-19-10-16(21)14-9-13(17)5-6-15(14)18/h5-6,9,11-12,16,19,21H,7-8,10H2,1-4H3. The fraction of sp³-hybridized carbons (Fsp3) is 0.625. The van der Waals surface area contributed by atoms with Gasteiger partial charge in [-0.25, -0.2) is 0 Å². The Bertz CT molecular complexity index is 430. The second-order valence-corrected chi connectivity index (χ2v) is 6.65. The highest BCUT2D eigenvalue weighted by Gasteiger charge is 2.14. The van der Waals surface area contributed by atoms with Gasteiger partial charge in [0.1, 0.15) is 0 Å². The lowest BCUT2D eigenvalue weighted by Crippen LogP contribution is -2.42. The van der Waals surface area contributed by atoms with Crippen molar-refractivity contribution in [3.63, 3.8) is 0 Å². The van der Waals surface area contributed by atoms with Gasteiger partial charge in [0.25, 0.3) is 0 Å². The molecule has 0 aliphatic heterocycles. The van der Waals surface area contributed by atoms with Gasteiger partial charge >= 0.3 is 0 Å². The number of aliphatic hydroxyl groups is 1. The minimum absolute atomic E-state index is 0.462. The van der Waals surface area contributed by atoms with E-state index in [-0.39, 0.29) is 0 Å². The molecule has 0 aromatic heterocycles. The first-order valence-electron chi connectivity index (χ1n) is 7.42. The molecule has 1 unspecified atom stereocenters. The molecule has 0 aliphatic carbocycles. The predicted octanol–water partition coefficient (Wildman–Crippen LogP) is 3.74. The number of benzene rings is 1. The van der Waals surface area contributed by atoms with Gasteiger partial charge < -0.3 is 10.4 Å². The van der Waals surface area contributed by atoms with Crippen LogP contribution >= 0.6 is 23.2 Å². The second kappa shape index (κ2) is 8.96. The van der Waals surface area contributed by atoms with Crippen LogP contribution < -0.4 is 5.32 Å². The van der Waals surface area contributed by atoms with Crippen molar-refractivity contribution in [3.8, 4) is 0 Å². The zero-order valence-corrected chi connectivity index (χ0v) is 14.7. The van der Waals surface area contributed by atoms with E-state index in [1.54, 1.807) is 18.2 Å². The molecule has 0 amide bonds. The minimum atomic E-state index is -0.650. The average molecular weight is 333 g/mol. The normalized spacial score (nSPS) is 13.4. The summed E-state index contributed by atoms with van der Waals surface area (Å²) in [5.74, 6) is 0. The van der Waals surface area contributed by atoms with E-state index < -0.39 is 6.10 Å². The first kappa shape index (κ1) is 18.7. The molecule has 1 atom stereocenters. The monoisotopic (exact) mass is 332 g/mol. The third kappa shape index (κ3) is 6.13. The van der Waals surface area contributed by atoms with Crippen molar-refractivity contribution in [3.05, 3.63) is 33.8 Å². The molecule has 3 nitrogen and oxygen atoms in total. The lowest BCUT2D eigenvalue weighted by Gasteiger charge is -2.30. The van der Waals surface area contributed by atoms with Gasteiger partial charge in [-0.15, -0.1) is 0 Å². The zero-order chi connectivity index (χ0) is 16.0. The molecule has 0 heterocycles. The van der Waals surface area contributed by atoms with E-state index in [1.165, 1.54) is 0 Å². The van der Waals surface area contributed by atoms with Crippen LogP contribution in [0.15, 0.2) is 18.2 Å². The third-order valence-electron chi connectivity index (χ3n) is 3.53. The minimum Gasteiger partial charge on any atom is -0.387 e. The molecule has 2 N–H and O–H groups in total. The van der Waals surface area contributed by atoms with Gasteiger partial charge in [0.05, 0.1) is 6.10 Å². The molecule has 0 bridgehead atoms. The lowest BCUT2D eigenvalue weighted by molar-refractivity contribution is 0.157. The van der Waals surface area contributed by atoms with E-state index in [0.29, 0.717) is 34.2 Å². The van der Waals surface area contributed by atoms with Crippen molar-refractivity contribution in [2.45, 2.75) is 45.9 Å². The van der Waals surface area contributed by atoms with E-state index in [0.717, 1.165) is 13.1 Å². The highest BCUT2D eigenvalue weighted by atomic mass is 35.5. The fourth-order valence-electron chi connectivity index (χ4n) is 2.44. The number of nitrogens with zero attached hydrogens (tertiary/aromatic N) is 1. The summed E-state index contributed by atoms with van der Waals surface area (Å²) in [7, 11) is 0. The quantitative estimate of drug-likeness (QED) is 0.712. The van der Waals surface area contributed by atoms with E-state index >= 15 is 0 Å². The maximum atomic E-state index is 10.2. The molecule has 1 aromatic rings. The SMILES string of the molecule is CC(C)N(CCNCC(O)c1cc(Cl)ccc1Cl)C(C)C. The smallest absolute Gasteiger partial charge is 0.0929 e. The molecule has 0 spiro atoms. The molecule has 0 radical (unpaired) electrons. The number of hydrogen-bond acceptors (Lipinski definition) is 3. The summed E-state index contributed by atoms with van der Waals surface area (Å²) in [5.41, 5.74) is 0.668. The first-order valence-corrected chi connectivity index (χ1v) is 8.18. The summed E-state index contributed by atoms with van der Waals surface area (Å²) in [4.78, 5) is 2.41. The van der Waals surface area contributed by atoms with Crippen LogP contribution in [0.25, 0.3) is 0 Å². The zero-order valence-electron chi connectivity index (χ0n) is 13.2. The van der Waals surface area contributed by atoms with Crippen molar-refractivity contribution in [1.82, 2.24) is 10.2 Å². The molecule has 0 saturated heterocycles. The van der Waals surface area contributed by atoms with Crippen LogP contribution in [0.1, 0.15) is 39.4 Å². The summed E-state index contributed by atoms with van der Waals surface area (Å²) in [6.07, 6.45) is -0.650. The van der Waals surface area contributed by atoms with Crippen molar-refractivity contribution in [2.24, 2.45) is 0 Å². The molecule has 0 aliphatic rings. The van der Waals surface area contributed by atoms with Gasteiger partial charge in [0.15, 0.2) is 0 Å². The van der Waals surface area contributed by atoms with E-state index in [2.05, 4.69) is 37.9 Å².